The highest BCUT2D eigenvalue weighted by molar-refractivity contribution is 5.83. The van der Waals surface area contributed by atoms with E-state index in [1.165, 1.54) is 12.1 Å². The molecule has 0 radical (unpaired) electrons. The van der Waals surface area contributed by atoms with Crippen LogP contribution in [0.15, 0.2) is 42.5 Å². The number of benzene rings is 2. The summed E-state index contributed by atoms with van der Waals surface area (Å²) < 4.78 is 23.5. The maximum absolute atomic E-state index is 13.0. The summed E-state index contributed by atoms with van der Waals surface area (Å²) in [6.07, 6.45) is 0.802. The fourth-order valence-electron chi connectivity index (χ4n) is 3.09. The molecule has 4 nitrogen and oxygen atoms in total. The van der Waals surface area contributed by atoms with Gasteiger partial charge in [-0.2, -0.15) is 0 Å². The number of rotatable bonds is 6. The average molecular weight is 343 g/mol. The Hall–Kier alpha value is -2.56. The highest BCUT2D eigenvalue weighted by Gasteiger charge is 2.44. The zero-order valence-corrected chi connectivity index (χ0v) is 14.6. The highest BCUT2D eigenvalue weighted by Crippen LogP contribution is 2.47. The number of halogens is 1. The van der Waals surface area contributed by atoms with E-state index in [2.05, 4.69) is 5.32 Å². The second-order valence-corrected chi connectivity index (χ2v) is 6.34. The lowest BCUT2D eigenvalue weighted by Crippen LogP contribution is -2.28. The molecule has 3 atom stereocenters. The smallest absolute Gasteiger partial charge is 0.224 e. The van der Waals surface area contributed by atoms with Gasteiger partial charge in [-0.25, -0.2) is 4.39 Å². The Morgan fingerprint density at radius 1 is 1.12 bits per heavy atom. The van der Waals surface area contributed by atoms with Crippen molar-refractivity contribution in [3.05, 3.63) is 59.4 Å². The molecular weight excluding hydrogens is 321 g/mol. The van der Waals surface area contributed by atoms with Crippen LogP contribution in [0.4, 0.5) is 4.39 Å². The summed E-state index contributed by atoms with van der Waals surface area (Å²) >= 11 is 0. The van der Waals surface area contributed by atoms with E-state index in [0.717, 1.165) is 17.5 Å². The van der Waals surface area contributed by atoms with Gasteiger partial charge < -0.3 is 14.8 Å². The summed E-state index contributed by atoms with van der Waals surface area (Å²) in [7, 11) is 3.17. The normalized spacial score (nSPS) is 19.8. The first kappa shape index (κ1) is 17.3. The topological polar surface area (TPSA) is 47.6 Å². The molecule has 2 aromatic rings. The minimum atomic E-state index is -0.257. The first-order valence-electron chi connectivity index (χ1n) is 8.31. The monoisotopic (exact) mass is 343 g/mol. The average Bonchev–Trinajstić information content (AvgIpc) is 3.42. The molecule has 0 saturated heterocycles. The van der Waals surface area contributed by atoms with E-state index >= 15 is 0 Å². The second kappa shape index (κ2) is 7.13. The third kappa shape index (κ3) is 3.76. The number of nitrogens with one attached hydrogen (secondary N) is 1. The Morgan fingerprint density at radius 3 is 2.44 bits per heavy atom. The Labute approximate surface area is 147 Å². The van der Waals surface area contributed by atoms with Crippen molar-refractivity contribution < 1.29 is 18.7 Å². The van der Waals surface area contributed by atoms with Gasteiger partial charge in [-0.3, -0.25) is 4.79 Å². The maximum atomic E-state index is 13.0. The molecule has 5 heteroatoms. The number of amides is 1. The molecule has 0 heterocycles. The zero-order chi connectivity index (χ0) is 18.0. The molecule has 3 unspecified atom stereocenters. The molecule has 1 saturated carbocycles. The van der Waals surface area contributed by atoms with Crippen LogP contribution in [0.5, 0.6) is 11.5 Å². The van der Waals surface area contributed by atoms with Crippen molar-refractivity contribution in [3.63, 3.8) is 0 Å². The predicted molar refractivity (Wildman–Crippen MR) is 93.4 cm³/mol. The van der Waals surface area contributed by atoms with Crippen molar-refractivity contribution in [2.75, 3.05) is 14.2 Å². The SMILES string of the molecule is COc1ccc(C(C)NC(=O)C2CC2c2ccc(F)cc2)cc1OC. The van der Waals surface area contributed by atoms with Gasteiger partial charge in [0.05, 0.1) is 20.3 Å². The molecule has 25 heavy (non-hydrogen) atoms. The quantitative estimate of drug-likeness (QED) is 0.867. The molecule has 0 aromatic heterocycles. The van der Waals surface area contributed by atoms with Crippen LogP contribution in [0.1, 0.15) is 36.4 Å². The maximum Gasteiger partial charge on any atom is 0.224 e. The summed E-state index contributed by atoms with van der Waals surface area (Å²) in [5.74, 6) is 1.19. The fraction of sp³-hybridized carbons (Fsp3) is 0.350. The van der Waals surface area contributed by atoms with Crippen LogP contribution in [-0.4, -0.2) is 20.1 Å². The number of carbonyl (C=O) groups excluding carboxylic acids is 1. The van der Waals surface area contributed by atoms with Crippen LogP contribution in [0.3, 0.4) is 0 Å². The Kier molecular flexibility index (Phi) is 4.93. The largest absolute Gasteiger partial charge is 0.493 e. The Morgan fingerprint density at radius 2 is 1.80 bits per heavy atom. The van der Waals surface area contributed by atoms with Gasteiger partial charge in [0, 0.05) is 5.92 Å². The van der Waals surface area contributed by atoms with Crippen molar-refractivity contribution in [2.24, 2.45) is 5.92 Å². The molecule has 1 fully saturated rings. The number of carbonyl (C=O) groups is 1. The summed E-state index contributed by atoms with van der Waals surface area (Å²) in [4.78, 5) is 12.5. The van der Waals surface area contributed by atoms with Gasteiger partial charge in [-0.1, -0.05) is 18.2 Å². The minimum Gasteiger partial charge on any atom is -0.493 e. The lowest BCUT2D eigenvalue weighted by Gasteiger charge is -2.16. The van der Waals surface area contributed by atoms with Gasteiger partial charge >= 0.3 is 0 Å². The van der Waals surface area contributed by atoms with E-state index in [-0.39, 0.29) is 29.6 Å². The molecule has 0 spiro atoms. The first-order valence-corrected chi connectivity index (χ1v) is 8.31. The molecule has 1 aliphatic carbocycles. The highest BCUT2D eigenvalue weighted by atomic mass is 19.1. The van der Waals surface area contributed by atoms with E-state index in [0.29, 0.717) is 11.5 Å². The molecule has 3 rings (SSSR count). The lowest BCUT2D eigenvalue weighted by atomic mass is 10.1. The number of hydrogen-bond donors (Lipinski definition) is 1. The molecule has 0 bridgehead atoms. The Bertz CT molecular complexity index is 760. The molecule has 1 N–H and O–H groups in total. The number of ether oxygens (including phenoxy) is 2. The van der Waals surface area contributed by atoms with Crippen molar-refractivity contribution in [3.8, 4) is 11.5 Å². The van der Waals surface area contributed by atoms with Crippen LogP contribution in [-0.2, 0) is 4.79 Å². The van der Waals surface area contributed by atoms with E-state index in [1.54, 1.807) is 26.4 Å². The lowest BCUT2D eigenvalue weighted by molar-refractivity contribution is -0.123. The molecule has 1 amide bonds. The zero-order valence-electron chi connectivity index (χ0n) is 14.6. The van der Waals surface area contributed by atoms with Crippen LogP contribution in [0, 0.1) is 11.7 Å². The summed E-state index contributed by atoms with van der Waals surface area (Å²) in [5.41, 5.74) is 1.96. The summed E-state index contributed by atoms with van der Waals surface area (Å²) in [6, 6.07) is 11.9. The molecule has 132 valence electrons. The molecule has 1 aliphatic rings. The standard InChI is InChI=1S/C20H22FNO3/c1-12(14-6-9-18(24-2)19(10-14)25-3)22-20(23)17-11-16(17)13-4-7-15(21)8-5-13/h4-10,12,16-17H,11H2,1-3H3,(H,22,23). The van der Waals surface area contributed by atoms with Crippen LogP contribution >= 0.6 is 0 Å². The van der Waals surface area contributed by atoms with Crippen molar-refractivity contribution in [2.45, 2.75) is 25.3 Å². The van der Waals surface area contributed by atoms with Crippen LogP contribution in [0.25, 0.3) is 0 Å². The summed E-state index contributed by atoms with van der Waals surface area (Å²) in [6.45, 7) is 1.94. The Balaban J connectivity index is 1.62. The number of hydrogen-bond acceptors (Lipinski definition) is 3. The van der Waals surface area contributed by atoms with Crippen molar-refractivity contribution >= 4 is 5.91 Å². The van der Waals surface area contributed by atoms with E-state index in [4.69, 9.17) is 9.47 Å². The van der Waals surface area contributed by atoms with Gasteiger partial charge in [0.15, 0.2) is 11.5 Å². The van der Waals surface area contributed by atoms with Crippen molar-refractivity contribution in [1.29, 1.82) is 0 Å². The first-order chi connectivity index (χ1) is 12.0. The van der Waals surface area contributed by atoms with Gasteiger partial charge in [0.25, 0.3) is 0 Å². The van der Waals surface area contributed by atoms with Gasteiger partial charge in [0.2, 0.25) is 5.91 Å². The van der Waals surface area contributed by atoms with Gasteiger partial charge in [-0.15, -0.1) is 0 Å². The van der Waals surface area contributed by atoms with E-state index in [1.807, 2.05) is 25.1 Å². The third-order valence-electron chi connectivity index (χ3n) is 4.69. The minimum absolute atomic E-state index is 0.0246. The van der Waals surface area contributed by atoms with Crippen molar-refractivity contribution in [1.82, 2.24) is 5.32 Å². The van der Waals surface area contributed by atoms with E-state index in [9.17, 15) is 9.18 Å². The third-order valence-corrected chi connectivity index (χ3v) is 4.69. The molecule has 0 aliphatic heterocycles. The van der Waals surface area contributed by atoms with Crippen LogP contribution < -0.4 is 14.8 Å². The van der Waals surface area contributed by atoms with Gasteiger partial charge in [-0.05, 0) is 54.7 Å². The fourth-order valence-corrected chi connectivity index (χ4v) is 3.09. The second-order valence-electron chi connectivity index (χ2n) is 6.34. The van der Waals surface area contributed by atoms with Crippen LogP contribution in [0.2, 0.25) is 0 Å². The molecule has 2 aromatic carbocycles. The number of methoxy groups -OCH3 is 2. The molecular formula is C20H22FNO3. The van der Waals surface area contributed by atoms with E-state index < -0.39 is 0 Å². The van der Waals surface area contributed by atoms with Gasteiger partial charge in [0.1, 0.15) is 5.82 Å². The predicted octanol–water partition coefficient (Wildman–Crippen LogP) is 3.82. The summed E-state index contributed by atoms with van der Waals surface area (Å²) in [5, 5.41) is 3.05.